The number of rotatable bonds is 2. The Morgan fingerprint density at radius 3 is 2.20 bits per heavy atom. The summed E-state index contributed by atoms with van der Waals surface area (Å²) in [6, 6.07) is 11.2. The van der Waals surface area contributed by atoms with Crippen molar-refractivity contribution >= 4 is 11.6 Å². The highest BCUT2D eigenvalue weighted by Gasteiger charge is 2.24. The first kappa shape index (κ1) is 15.0. The monoisotopic (exact) mass is 294 g/mol. The zero-order chi connectivity index (χ0) is 14.9. The van der Waals surface area contributed by atoms with Crippen molar-refractivity contribution in [3.8, 4) is 0 Å². The van der Waals surface area contributed by atoms with Crippen molar-refractivity contribution in [2.45, 2.75) is 31.6 Å². The average Bonchev–Trinajstić information content (AvgIpc) is 2.37. The molecule has 0 aliphatic carbocycles. The largest absolute Gasteiger partial charge is 0.207 e. The number of alkyl halides is 1. The molecule has 3 heteroatoms. The van der Waals surface area contributed by atoms with Crippen LogP contribution in [-0.4, -0.2) is 0 Å². The van der Waals surface area contributed by atoms with Crippen LogP contribution in [0.1, 0.15) is 42.8 Å². The molecule has 0 aliphatic heterocycles. The molecule has 0 N–H and O–H groups in total. The minimum absolute atomic E-state index is 0.0970. The zero-order valence-corrected chi connectivity index (χ0v) is 12.5. The topological polar surface area (TPSA) is 0 Å². The van der Waals surface area contributed by atoms with Gasteiger partial charge in [0.05, 0.1) is 5.38 Å². The molecule has 2 rings (SSSR count). The molecule has 0 fully saturated rings. The molecule has 0 spiro atoms. The lowest BCUT2D eigenvalue weighted by atomic mass is 9.82. The van der Waals surface area contributed by atoms with E-state index in [-0.39, 0.29) is 5.41 Å². The van der Waals surface area contributed by atoms with E-state index in [4.69, 9.17) is 11.6 Å². The van der Waals surface area contributed by atoms with Gasteiger partial charge in [0.25, 0.3) is 0 Å². The summed E-state index contributed by atoms with van der Waals surface area (Å²) >= 11 is 6.44. The number of hydrogen-bond acceptors (Lipinski definition) is 0. The highest BCUT2D eigenvalue weighted by Crippen LogP contribution is 2.37. The summed E-state index contributed by atoms with van der Waals surface area (Å²) in [6.45, 7) is 6.24. The van der Waals surface area contributed by atoms with Gasteiger partial charge in [0, 0.05) is 11.6 Å². The van der Waals surface area contributed by atoms with E-state index in [0.29, 0.717) is 5.56 Å². The molecular weight excluding hydrogens is 278 g/mol. The first-order chi connectivity index (χ1) is 9.30. The summed E-state index contributed by atoms with van der Waals surface area (Å²) in [5.41, 5.74) is 2.11. The van der Waals surface area contributed by atoms with Crippen LogP contribution in [-0.2, 0) is 5.41 Å². The highest BCUT2D eigenvalue weighted by molar-refractivity contribution is 6.22. The number of hydrogen-bond donors (Lipinski definition) is 0. The van der Waals surface area contributed by atoms with Gasteiger partial charge in [0.15, 0.2) is 0 Å². The van der Waals surface area contributed by atoms with E-state index in [1.54, 1.807) is 0 Å². The van der Waals surface area contributed by atoms with Crippen molar-refractivity contribution in [2.75, 3.05) is 0 Å². The van der Waals surface area contributed by atoms with Gasteiger partial charge >= 0.3 is 0 Å². The third-order valence-electron chi connectivity index (χ3n) is 3.28. The van der Waals surface area contributed by atoms with E-state index < -0.39 is 17.0 Å². The van der Waals surface area contributed by atoms with Gasteiger partial charge in [-0.2, -0.15) is 0 Å². The third-order valence-corrected chi connectivity index (χ3v) is 3.75. The second-order valence-corrected chi connectivity index (χ2v) is 6.30. The Labute approximate surface area is 123 Å². The van der Waals surface area contributed by atoms with Crippen LogP contribution in [0.25, 0.3) is 0 Å². The SMILES string of the molecule is CC(C)(C)c1ccccc1C(Cl)c1ccc(F)cc1F. The Balaban J connectivity index is 2.51. The van der Waals surface area contributed by atoms with E-state index in [2.05, 4.69) is 20.8 Å². The van der Waals surface area contributed by atoms with Crippen molar-refractivity contribution < 1.29 is 8.78 Å². The standard InChI is InChI=1S/C17H17ClF2/c1-17(2,3)14-7-5-4-6-12(14)16(18)13-9-8-11(19)10-15(13)20/h4-10,16H,1-3H3. The Bertz CT molecular complexity index is 615. The lowest BCUT2D eigenvalue weighted by Crippen LogP contribution is -2.15. The summed E-state index contributed by atoms with van der Waals surface area (Å²) in [6.07, 6.45) is 0. The fraction of sp³-hybridized carbons (Fsp3) is 0.294. The molecule has 0 nitrogen and oxygen atoms in total. The molecule has 0 saturated heterocycles. The fourth-order valence-corrected chi connectivity index (χ4v) is 2.64. The molecule has 0 aliphatic rings. The molecule has 0 saturated carbocycles. The Morgan fingerprint density at radius 2 is 1.60 bits per heavy atom. The van der Waals surface area contributed by atoms with Crippen molar-refractivity contribution in [3.05, 3.63) is 70.8 Å². The van der Waals surface area contributed by atoms with Gasteiger partial charge in [-0.3, -0.25) is 0 Å². The highest BCUT2D eigenvalue weighted by atomic mass is 35.5. The molecule has 0 heterocycles. The predicted molar refractivity (Wildman–Crippen MR) is 79.2 cm³/mol. The zero-order valence-electron chi connectivity index (χ0n) is 11.8. The maximum absolute atomic E-state index is 13.9. The molecule has 2 aromatic carbocycles. The van der Waals surface area contributed by atoms with Crippen LogP contribution in [0.5, 0.6) is 0 Å². The first-order valence-corrected chi connectivity index (χ1v) is 6.93. The molecule has 20 heavy (non-hydrogen) atoms. The molecule has 1 atom stereocenters. The summed E-state index contributed by atoms with van der Waals surface area (Å²) in [7, 11) is 0. The van der Waals surface area contributed by atoms with Crippen molar-refractivity contribution in [1.82, 2.24) is 0 Å². The fourth-order valence-electron chi connectivity index (χ4n) is 2.28. The Kier molecular flexibility index (Phi) is 4.14. The summed E-state index contributed by atoms with van der Waals surface area (Å²) in [5, 5.41) is -0.633. The van der Waals surface area contributed by atoms with Crippen LogP contribution in [0.2, 0.25) is 0 Å². The van der Waals surface area contributed by atoms with E-state index in [0.717, 1.165) is 17.2 Å². The second kappa shape index (κ2) is 5.53. The van der Waals surface area contributed by atoms with Crippen LogP contribution in [0, 0.1) is 11.6 Å². The summed E-state index contributed by atoms with van der Waals surface area (Å²) < 4.78 is 26.9. The Morgan fingerprint density at radius 1 is 0.950 bits per heavy atom. The minimum Gasteiger partial charge on any atom is -0.207 e. The smallest absolute Gasteiger partial charge is 0.131 e. The number of benzene rings is 2. The van der Waals surface area contributed by atoms with E-state index in [1.807, 2.05) is 24.3 Å². The average molecular weight is 295 g/mol. The molecule has 2 aromatic rings. The quantitative estimate of drug-likeness (QED) is 0.633. The van der Waals surface area contributed by atoms with Gasteiger partial charge in [-0.15, -0.1) is 11.6 Å². The maximum atomic E-state index is 13.9. The normalized spacial score (nSPS) is 13.3. The van der Waals surface area contributed by atoms with Crippen LogP contribution >= 0.6 is 11.6 Å². The van der Waals surface area contributed by atoms with Gasteiger partial charge in [-0.05, 0) is 22.6 Å². The minimum atomic E-state index is -0.633. The van der Waals surface area contributed by atoms with Crippen molar-refractivity contribution in [3.63, 3.8) is 0 Å². The maximum Gasteiger partial charge on any atom is 0.131 e. The van der Waals surface area contributed by atoms with Gasteiger partial charge in [0.2, 0.25) is 0 Å². The van der Waals surface area contributed by atoms with Crippen LogP contribution in [0.3, 0.4) is 0 Å². The van der Waals surface area contributed by atoms with Gasteiger partial charge in [-0.25, -0.2) is 8.78 Å². The number of halogens is 3. The predicted octanol–water partition coefficient (Wildman–Crippen LogP) is 5.59. The summed E-state index contributed by atoms with van der Waals surface area (Å²) in [4.78, 5) is 0. The van der Waals surface area contributed by atoms with Crippen molar-refractivity contribution in [2.24, 2.45) is 0 Å². The molecule has 0 aromatic heterocycles. The third kappa shape index (κ3) is 3.01. The lowest BCUT2D eigenvalue weighted by molar-refractivity contribution is 0.567. The van der Waals surface area contributed by atoms with Crippen LogP contribution in [0.4, 0.5) is 8.78 Å². The Hall–Kier alpha value is -1.41. The van der Waals surface area contributed by atoms with Crippen LogP contribution < -0.4 is 0 Å². The molecule has 106 valence electrons. The molecule has 1 unspecified atom stereocenters. The molecule has 0 amide bonds. The van der Waals surface area contributed by atoms with E-state index >= 15 is 0 Å². The second-order valence-electron chi connectivity index (χ2n) is 5.87. The van der Waals surface area contributed by atoms with Gasteiger partial charge in [-0.1, -0.05) is 51.1 Å². The lowest BCUT2D eigenvalue weighted by Gasteiger charge is -2.25. The summed E-state index contributed by atoms with van der Waals surface area (Å²) in [5.74, 6) is -1.21. The van der Waals surface area contributed by atoms with E-state index in [9.17, 15) is 8.78 Å². The van der Waals surface area contributed by atoms with E-state index in [1.165, 1.54) is 12.1 Å². The molecule has 0 bridgehead atoms. The first-order valence-electron chi connectivity index (χ1n) is 6.49. The van der Waals surface area contributed by atoms with Gasteiger partial charge in [0.1, 0.15) is 11.6 Å². The van der Waals surface area contributed by atoms with Gasteiger partial charge < -0.3 is 0 Å². The molecular formula is C17H17ClF2. The molecule has 0 radical (unpaired) electrons. The van der Waals surface area contributed by atoms with Crippen molar-refractivity contribution in [1.29, 1.82) is 0 Å². The van der Waals surface area contributed by atoms with Crippen LogP contribution in [0.15, 0.2) is 42.5 Å².